The molecule has 2 heterocycles. The fourth-order valence-corrected chi connectivity index (χ4v) is 3.65. The van der Waals surface area contributed by atoms with Gasteiger partial charge >= 0.3 is 0 Å². The summed E-state index contributed by atoms with van der Waals surface area (Å²) in [5.74, 6) is 0.970. The fourth-order valence-electron chi connectivity index (χ4n) is 3.65. The third-order valence-electron chi connectivity index (χ3n) is 5.47. The number of nitrogens with two attached hydrogens (primary N) is 1. The van der Waals surface area contributed by atoms with Crippen molar-refractivity contribution in [3.63, 3.8) is 0 Å². The number of nitrogen functional groups attached to an aromatic ring is 1. The van der Waals surface area contributed by atoms with Crippen molar-refractivity contribution in [3.8, 4) is 0 Å². The van der Waals surface area contributed by atoms with E-state index in [0.717, 1.165) is 37.7 Å². The smallest absolute Gasteiger partial charge is 0.159 e. The number of anilines is 5. The second kappa shape index (κ2) is 7.95. The molecule has 1 aromatic heterocycles. The molecule has 0 saturated carbocycles. The Kier molecular flexibility index (Phi) is 5.20. The first-order chi connectivity index (χ1) is 14.0. The van der Waals surface area contributed by atoms with E-state index < -0.39 is 0 Å². The molecule has 0 unspecified atom stereocenters. The van der Waals surface area contributed by atoms with Gasteiger partial charge < -0.3 is 20.9 Å². The van der Waals surface area contributed by atoms with Crippen molar-refractivity contribution in [1.82, 2.24) is 9.97 Å². The average Bonchev–Trinajstić information content (AvgIpc) is 2.73. The van der Waals surface area contributed by atoms with Crippen molar-refractivity contribution >= 4 is 28.7 Å². The molecule has 1 fully saturated rings. The number of aryl methyl sites for hydroxylation is 1. The van der Waals surface area contributed by atoms with Crippen LogP contribution in [0.25, 0.3) is 0 Å². The Morgan fingerprint density at radius 3 is 2.34 bits per heavy atom. The van der Waals surface area contributed by atoms with Crippen LogP contribution < -0.4 is 20.9 Å². The standard InChI is InChI=1S/C22H25FN6/c1-15-4-3-5-19(16(15)2)28-10-12-29(13-11-28)22-20(24)21(25-14-26-22)27-18-8-6-17(23)7-9-18/h3-9,14H,10-13,24H2,1-2H3,(H,25,26,27). The van der Waals surface area contributed by atoms with Crippen LogP contribution in [0.5, 0.6) is 0 Å². The fraction of sp³-hybridized carbons (Fsp3) is 0.273. The molecule has 1 aliphatic rings. The van der Waals surface area contributed by atoms with Crippen LogP contribution in [0, 0.1) is 19.7 Å². The Labute approximate surface area is 170 Å². The molecule has 0 aliphatic carbocycles. The van der Waals surface area contributed by atoms with Gasteiger partial charge in [-0.3, -0.25) is 0 Å². The zero-order valence-corrected chi connectivity index (χ0v) is 16.7. The monoisotopic (exact) mass is 392 g/mol. The lowest BCUT2D eigenvalue weighted by molar-refractivity contribution is 0.628. The summed E-state index contributed by atoms with van der Waals surface area (Å²) in [6.45, 7) is 7.76. The van der Waals surface area contributed by atoms with E-state index in [9.17, 15) is 4.39 Å². The number of halogens is 1. The molecule has 3 aromatic rings. The lowest BCUT2D eigenvalue weighted by atomic mass is 10.1. The predicted octanol–water partition coefficient (Wildman–Crippen LogP) is 3.88. The SMILES string of the molecule is Cc1cccc(N2CCN(c3ncnc(Nc4ccc(F)cc4)c3N)CC2)c1C. The van der Waals surface area contributed by atoms with Gasteiger partial charge in [0.1, 0.15) is 17.8 Å². The number of hydrogen-bond acceptors (Lipinski definition) is 6. The molecule has 6 nitrogen and oxygen atoms in total. The normalized spacial score (nSPS) is 14.2. The molecule has 4 rings (SSSR count). The van der Waals surface area contributed by atoms with Crippen LogP contribution in [0.4, 0.5) is 33.1 Å². The summed E-state index contributed by atoms with van der Waals surface area (Å²) >= 11 is 0. The highest BCUT2D eigenvalue weighted by atomic mass is 19.1. The number of aromatic nitrogens is 2. The lowest BCUT2D eigenvalue weighted by Gasteiger charge is -2.38. The van der Waals surface area contributed by atoms with Crippen molar-refractivity contribution in [2.24, 2.45) is 0 Å². The van der Waals surface area contributed by atoms with Crippen molar-refractivity contribution in [3.05, 3.63) is 65.7 Å². The van der Waals surface area contributed by atoms with E-state index >= 15 is 0 Å². The maximum absolute atomic E-state index is 13.1. The molecule has 0 spiro atoms. The second-order valence-electron chi connectivity index (χ2n) is 7.28. The average molecular weight is 392 g/mol. The molecule has 1 saturated heterocycles. The molecule has 0 radical (unpaired) electrons. The zero-order valence-electron chi connectivity index (χ0n) is 16.7. The zero-order chi connectivity index (χ0) is 20.4. The maximum atomic E-state index is 13.1. The van der Waals surface area contributed by atoms with Crippen molar-refractivity contribution in [2.45, 2.75) is 13.8 Å². The van der Waals surface area contributed by atoms with E-state index in [-0.39, 0.29) is 5.82 Å². The highest BCUT2D eigenvalue weighted by Crippen LogP contribution is 2.30. The summed E-state index contributed by atoms with van der Waals surface area (Å²) in [6, 6.07) is 12.5. The van der Waals surface area contributed by atoms with Crippen LogP contribution in [0.2, 0.25) is 0 Å². The Bertz CT molecular complexity index is 997. The maximum Gasteiger partial charge on any atom is 0.159 e. The molecule has 150 valence electrons. The third-order valence-corrected chi connectivity index (χ3v) is 5.47. The van der Waals surface area contributed by atoms with Crippen LogP contribution in [0.1, 0.15) is 11.1 Å². The van der Waals surface area contributed by atoms with Gasteiger partial charge in [-0.15, -0.1) is 0 Å². The lowest BCUT2D eigenvalue weighted by Crippen LogP contribution is -2.47. The molecule has 2 aromatic carbocycles. The molecule has 3 N–H and O–H groups in total. The van der Waals surface area contributed by atoms with E-state index in [2.05, 4.69) is 57.1 Å². The van der Waals surface area contributed by atoms with Crippen molar-refractivity contribution < 1.29 is 4.39 Å². The first-order valence-electron chi connectivity index (χ1n) is 9.72. The highest BCUT2D eigenvalue weighted by Gasteiger charge is 2.22. The topological polar surface area (TPSA) is 70.3 Å². The van der Waals surface area contributed by atoms with Crippen LogP contribution in [0.3, 0.4) is 0 Å². The molecule has 0 atom stereocenters. The predicted molar refractivity (Wildman–Crippen MR) is 116 cm³/mol. The van der Waals surface area contributed by atoms with Crippen LogP contribution in [0.15, 0.2) is 48.8 Å². The van der Waals surface area contributed by atoms with Gasteiger partial charge in [-0.1, -0.05) is 12.1 Å². The largest absolute Gasteiger partial charge is 0.393 e. The van der Waals surface area contributed by atoms with Crippen molar-refractivity contribution in [1.29, 1.82) is 0 Å². The number of nitrogens with zero attached hydrogens (tertiary/aromatic N) is 4. The number of hydrogen-bond donors (Lipinski definition) is 2. The van der Waals surface area contributed by atoms with Crippen molar-refractivity contribution in [2.75, 3.05) is 47.0 Å². The van der Waals surface area contributed by atoms with E-state index in [0.29, 0.717) is 11.5 Å². The van der Waals surface area contributed by atoms with E-state index in [1.807, 2.05) is 0 Å². The Balaban J connectivity index is 1.48. The summed E-state index contributed by atoms with van der Waals surface area (Å²) in [4.78, 5) is 13.3. The third kappa shape index (κ3) is 3.94. The minimum absolute atomic E-state index is 0.284. The minimum atomic E-state index is -0.284. The highest BCUT2D eigenvalue weighted by molar-refractivity contribution is 5.78. The summed E-state index contributed by atoms with van der Waals surface area (Å²) in [5, 5.41) is 3.15. The first-order valence-corrected chi connectivity index (χ1v) is 9.72. The second-order valence-corrected chi connectivity index (χ2v) is 7.28. The minimum Gasteiger partial charge on any atom is -0.393 e. The molecular weight excluding hydrogens is 367 g/mol. The van der Waals surface area contributed by atoms with E-state index in [1.54, 1.807) is 12.1 Å². The van der Waals surface area contributed by atoms with Gasteiger partial charge in [-0.25, -0.2) is 14.4 Å². The number of nitrogens with one attached hydrogen (secondary N) is 1. The van der Waals surface area contributed by atoms with E-state index in [4.69, 9.17) is 5.73 Å². The molecular formula is C22H25FN6. The first kappa shape index (κ1) is 19.0. The summed E-state index contributed by atoms with van der Waals surface area (Å²) in [5.41, 5.74) is 11.5. The summed E-state index contributed by atoms with van der Waals surface area (Å²) in [6.07, 6.45) is 1.51. The van der Waals surface area contributed by atoms with Gasteiger partial charge in [0.15, 0.2) is 11.6 Å². The molecule has 0 bridgehead atoms. The van der Waals surface area contributed by atoms with Gasteiger partial charge in [-0.2, -0.15) is 0 Å². The van der Waals surface area contributed by atoms with Gasteiger partial charge in [0.05, 0.1) is 0 Å². The van der Waals surface area contributed by atoms with E-state index in [1.165, 1.54) is 35.3 Å². The molecule has 1 aliphatic heterocycles. The Morgan fingerprint density at radius 1 is 0.931 bits per heavy atom. The van der Waals surface area contributed by atoms with Crippen LogP contribution in [-0.4, -0.2) is 36.1 Å². The Morgan fingerprint density at radius 2 is 1.62 bits per heavy atom. The van der Waals surface area contributed by atoms with Gasteiger partial charge in [0, 0.05) is 37.6 Å². The Hall–Kier alpha value is -3.35. The number of rotatable bonds is 4. The quantitative estimate of drug-likeness (QED) is 0.702. The van der Waals surface area contributed by atoms with Gasteiger partial charge in [-0.05, 0) is 55.3 Å². The van der Waals surface area contributed by atoms with Crippen LogP contribution >= 0.6 is 0 Å². The van der Waals surface area contributed by atoms with Crippen LogP contribution in [-0.2, 0) is 0 Å². The molecule has 0 amide bonds. The van der Waals surface area contributed by atoms with Gasteiger partial charge in [0.25, 0.3) is 0 Å². The summed E-state index contributed by atoms with van der Waals surface area (Å²) in [7, 11) is 0. The molecule has 7 heteroatoms. The summed E-state index contributed by atoms with van der Waals surface area (Å²) < 4.78 is 13.1. The van der Waals surface area contributed by atoms with Gasteiger partial charge in [0.2, 0.25) is 0 Å². The number of piperazine rings is 1. The number of benzene rings is 2. The molecule has 29 heavy (non-hydrogen) atoms.